The van der Waals surface area contributed by atoms with Crippen LogP contribution in [0.1, 0.15) is 84.0 Å². The molecule has 0 aromatic carbocycles. The number of rotatable bonds is 12. The van der Waals surface area contributed by atoms with Crippen LogP contribution < -0.4 is 0 Å². The van der Waals surface area contributed by atoms with Crippen LogP contribution in [0.25, 0.3) is 0 Å². The number of ether oxygens (including phenoxy) is 2. The Bertz CT molecular complexity index is 308. The van der Waals surface area contributed by atoms with Crippen molar-refractivity contribution in [1.29, 1.82) is 0 Å². The average Bonchev–Trinajstić information content (AvgIpc) is 3.03. The van der Waals surface area contributed by atoms with E-state index < -0.39 is 0 Å². The smallest absolute Gasteiger partial charge is 0.305 e. The summed E-state index contributed by atoms with van der Waals surface area (Å²) in [6.07, 6.45) is 11.6. The highest BCUT2D eigenvalue weighted by Crippen LogP contribution is 2.24. The van der Waals surface area contributed by atoms with Crippen molar-refractivity contribution in [3.05, 3.63) is 0 Å². The molecule has 0 bridgehead atoms. The molecule has 0 heterocycles. The lowest BCUT2D eigenvalue weighted by atomic mass is 10.1. The van der Waals surface area contributed by atoms with E-state index in [1.54, 1.807) is 0 Å². The molecule has 1 fully saturated rings. The number of carbonyl (C=O) groups is 2. The normalized spacial score (nSPS) is 15.0. The molecule has 0 aliphatic heterocycles. The van der Waals surface area contributed by atoms with Gasteiger partial charge in [-0.2, -0.15) is 0 Å². The molecule has 0 unspecified atom stereocenters. The SMILES string of the molecule is CCCCCCOC(=O)CCCCC(=O)OCC1CCCC1. The van der Waals surface area contributed by atoms with Gasteiger partial charge in [-0.15, -0.1) is 0 Å². The van der Waals surface area contributed by atoms with Crippen molar-refractivity contribution in [2.45, 2.75) is 84.0 Å². The van der Waals surface area contributed by atoms with Crippen LogP contribution in [-0.2, 0) is 19.1 Å². The van der Waals surface area contributed by atoms with Gasteiger partial charge < -0.3 is 9.47 Å². The summed E-state index contributed by atoms with van der Waals surface area (Å²) in [5, 5.41) is 0. The highest BCUT2D eigenvalue weighted by molar-refractivity contribution is 5.70. The van der Waals surface area contributed by atoms with E-state index in [9.17, 15) is 9.59 Å². The molecule has 1 aliphatic carbocycles. The zero-order valence-corrected chi connectivity index (χ0v) is 14.1. The second-order valence-corrected chi connectivity index (χ2v) is 6.32. The predicted octanol–water partition coefficient (Wildman–Crippen LogP) is 4.40. The minimum absolute atomic E-state index is 0.125. The number of unbranched alkanes of at least 4 members (excludes halogenated alkanes) is 4. The first-order chi connectivity index (χ1) is 10.7. The summed E-state index contributed by atoms with van der Waals surface area (Å²) in [6, 6.07) is 0. The van der Waals surface area contributed by atoms with E-state index in [2.05, 4.69) is 6.92 Å². The monoisotopic (exact) mass is 312 g/mol. The first-order valence-electron chi connectivity index (χ1n) is 9.03. The summed E-state index contributed by atoms with van der Waals surface area (Å²) < 4.78 is 10.4. The zero-order valence-electron chi connectivity index (χ0n) is 14.1. The van der Waals surface area contributed by atoms with E-state index in [0.717, 1.165) is 12.8 Å². The van der Waals surface area contributed by atoms with Gasteiger partial charge in [0.15, 0.2) is 0 Å². The topological polar surface area (TPSA) is 52.6 Å². The van der Waals surface area contributed by atoms with Gasteiger partial charge in [-0.3, -0.25) is 9.59 Å². The molecule has 1 aliphatic rings. The van der Waals surface area contributed by atoms with Gasteiger partial charge in [0.2, 0.25) is 0 Å². The Morgan fingerprint density at radius 2 is 1.50 bits per heavy atom. The summed E-state index contributed by atoms with van der Waals surface area (Å²) in [7, 11) is 0. The first-order valence-corrected chi connectivity index (χ1v) is 9.03. The molecule has 0 radical (unpaired) electrons. The van der Waals surface area contributed by atoms with Gasteiger partial charge in [-0.1, -0.05) is 39.0 Å². The maximum atomic E-state index is 11.6. The van der Waals surface area contributed by atoms with Gasteiger partial charge >= 0.3 is 11.9 Å². The van der Waals surface area contributed by atoms with E-state index in [-0.39, 0.29) is 11.9 Å². The van der Waals surface area contributed by atoms with Gasteiger partial charge in [-0.05, 0) is 38.0 Å². The minimum atomic E-state index is -0.143. The summed E-state index contributed by atoms with van der Waals surface area (Å²) in [5.41, 5.74) is 0. The Hall–Kier alpha value is -1.06. The molecule has 1 rings (SSSR count). The fourth-order valence-corrected chi connectivity index (χ4v) is 2.79. The van der Waals surface area contributed by atoms with E-state index in [1.807, 2.05) is 0 Å². The van der Waals surface area contributed by atoms with Crippen molar-refractivity contribution in [1.82, 2.24) is 0 Å². The molecule has 0 aromatic rings. The summed E-state index contributed by atoms with van der Waals surface area (Å²) in [5.74, 6) is 0.308. The Kier molecular flexibility index (Phi) is 10.8. The predicted molar refractivity (Wildman–Crippen MR) is 86.5 cm³/mol. The van der Waals surface area contributed by atoms with Crippen LogP contribution in [0.2, 0.25) is 0 Å². The quantitative estimate of drug-likeness (QED) is 0.396. The molecule has 0 aromatic heterocycles. The summed E-state index contributed by atoms with van der Waals surface area (Å²) >= 11 is 0. The Labute approximate surface area is 134 Å². The van der Waals surface area contributed by atoms with Gasteiger partial charge in [-0.25, -0.2) is 0 Å². The molecule has 1 saturated carbocycles. The third-order valence-corrected chi connectivity index (χ3v) is 4.23. The maximum Gasteiger partial charge on any atom is 0.305 e. The molecular weight excluding hydrogens is 280 g/mol. The van der Waals surface area contributed by atoms with Gasteiger partial charge in [0.1, 0.15) is 0 Å². The molecular formula is C18H32O4. The van der Waals surface area contributed by atoms with E-state index >= 15 is 0 Å². The van der Waals surface area contributed by atoms with Crippen LogP contribution in [0.3, 0.4) is 0 Å². The molecule has 128 valence electrons. The number of hydrogen-bond donors (Lipinski definition) is 0. The third-order valence-electron chi connectivity index (χ3n) is 4.23. The van der Waals surface area contributed by atoms with Crippen LogP contribution in [0.5, 0.6) is 0 Å². The van der Waals surface area contributed by atoms with Crippen LogP contribution in [0.4, 0.5) is 0 Å². The van der Waals surface area contributed by atoms with Crippen molar-refractivity contribution in [2.75, 3.05) is 13.2 Å². The largest absolute Gasteiger partial charge is 0.466 e. The highest BCUT2D eigenvalue weighted by atomic mass is 16.5. The molecule has 4 nitrogen and oxygen atoms in total. The van der Waals surface area contributed by atoms with Crippen molar-refractivity contribution < 1.29 is 19.1 Å². The standard InChI is InChI=1S/C18H32O4/c1-2-3-4-9-14-21-17(19)12-7-8-13-18(20)22-15-16-10-5-6-11-16/h16H,2-15H2,1H3. The van der Waals surface area contributed by atoms with Crippen molar-refractivity contribution in [3.63, 3.8) is 0 Å². The zero-order chi connectivity index (χ0) is 16.0. The second-order valence-electron chi connectivity index (χ2n) is 6.32. The van der Waals surface area contributed by atoms with Crippen LogP contribution in [0.15, 0.2) is 0 Å². The average molecular weight is 312 g/mol. The molecule has 0 spiro atoms. The first kappa shape index (κ1) is 19.0. The van der Waals surface area contributed by atoms with E-state index in [1.165, 1.54) is 38.5 Å². The Morgan fingerprint density at radius 3 is 2.14 bits per heavy atom. The molecule has 22 heavy (non-hydrogen) atoms. The molecule has 0 saturated heterocycles. The van der Waals surface area contributed by atoms with Crippen molar-refractivity contribution >= 4 is 11.9 Å². The Morgan fingerprint density at radius 1 is 0.864 bits per heavy atom. The Balaban J connectivity index is 1.88. The number of hydrogen-bond acceptors (Lipinski definition) is 4. The van der Waals surface area contributed by atoms with Crippen LogP contribution >= 0.6 is 0 Å². The van der Waals surface area contributed by atoms with Gasteiger partial charge in [0.25, 0.3) is 0 Å². The van der Waals surface area contributed by atoms with Gasteiger partial charge in [0, 0.05) is 12.8 Å². The lowest BCUT2D eigenvalue weighted by molar-refractivity contribution is -0.146. The van der Waals surface area contributed by atoms with Crippen LogP contribution in [-0.4, -0.2) is 25.2 Å². The van der Waals surface area contributed by atoms with Crippen LogP contribution in [0, 0.1) is 5.92 Å². The summed E-state index contributed by atoms with van der Waals surface area (Å²) in [4.78, 5) is 23.1. The summed E-state index contributed by atoms with van der Waals surface area (Å²) in [6.45, 7) is 3.27. The van der Waals surface area contributed by atoms with E-state index in [0.29, 0.717) is 44.8 Å². The highest BCUT2D eigenvalue weighted by Gasteiger charge is 2.16. The van der Waals surface area contributed by atoms with Crippen molar-refractivity contribution in [3.8, 4) is 0 Å². The third kappa shape index (κ3) is 9.80. The molecule has 0 N–H and O–H groups in total. The fraction of sp³-hybridized carbons (Fsp3) is 0.889. The van der Waals surface area contributed by atoms with Crippen molar-refractivity contribution in [2.24, 2.45) is 5.92 Å². The lowest BCUT2D eigenvalue weighted by Crippen LogP contribution is -2.12. The lowest BCUT2D eigenvalue weighted by Gasteiger charge is -2.09. The fourth-order valence-electron chi connectivity index (χ4n) is 2.79. The number of esters is 2. The molecule has 0 atom stereocenters. The maximum absolute atomic E-state index is 11.6. The van der Waals surface area contributed by atoms with E-state index in [4.69, 9.17) is 9.47 Å². The minimum Gasteiger partial charge on any atom is -0.466 e. The molecule has 0 amide bonds. The van der Waals surface area contributed by atoms with Gasteiger partial charge in [0.05, 0.1) is 13.2 Å². The second kappa shape index (κ2) is 12.5. The number of carbonyl (C=O) groups excluding carboxylic acids is 2. The molecule has 4 heteroatoms.